The van der Waals surface area contributed by atoms with E-state index < -0.39 is 11.5 Å². The fourth-order valence-electron chi connectivity index (χ4n) is 2.00. The van der Waals surface area contributed by atoms with Crippen molar-refractivity contribution in [2.75, 3.05) is 5.32 Å². The molecule has 1 amide bonds. The third kappa shape index (κ3) is 3.47. The summed E-state index contributed by atoms with van der Waals surface area (Å²) in [6.07, 6.45) is 4.39. The van der Waals surface area contributed by atoms with Gasteiger partial charge in [-0.3, -0.25) is 9.59 Å². The van der Waals surface area contributed by atoms with Crippen LogP contribution in [0, 0.1) is 0 Å². The molecule has 0 spiro atoms. The Balaban J connectivity index is 1.71. The zero-order valence-electron chi connectivity index (χ0n) is 12.2. The molecule has 0 aliphatic carbocycles. The van der Waals surface area contributed by atoms with Crippen molar-refractivity contribution in [2.24, 2.45) is 0 Å². The number of aromatic nitrogens is 4. The van der Waals surface area contributed by atoms with Crippen LogP contribution in [0.1, 0.15) is 0 Å². The lowest BCUT2D eigenvalue weighted by Crippen LogP contribution is -2.29. The van der Waals surface area contributed by atoms with Gasteiger partial charge in [0.25, 0.3) is 5.56 Å². The smallest absolute Gasteiger partial charge is 0.287 e. The molecule has 0 aliphatic heterocycles. The molecular formula is C15H11Cl2N5O2. The van der Waals surface area contributed by atoms with E-state index in [1.54, 1.807) is 10.9 Å². The number of para-hydroxylation sites is 1. The largest absolute Gasteiger partial charge is 0.322 e. The molecule has 0 atom stereocenters. The minimum absolute atomic E-state index is 0.0439. The van der Waals surface area contributed by atoms with Gasteiger partial charge in [0.1, 0.15) is 11.6 Å². The van der Waals surface area contributed by atoms with E-state index in [1.165, 1.54) is 12.4 Å². The van der Waals surface area contributed by atoms with Crippen molar-refractivity contribution in [1.82, 2.24) is 19.6 Å². The third-order valence-corrected chi connectivity index (χ3v) is 3.87. The zero-order valence-corrected chi connectivity index (χ0v) is 13.7. The summed E-state index contributed by atoms with van der Waals surface area (Å²) in [4.78, 5) is 23.9. The van der Waals surface area contributed by atoms with Crippen molar-refractivity contribution in [1.29, 1.82) is 0 Å². The average Bonchev–Trinajstić information content (AvgIpc) is 3.04. The molecule has 1 N–H and O–H groups in total. The van der Waals surface area contributed by atoms with Crippen LogP contribution >= 0.6 is 23.2 Å². The first-order chi connectivity index (χ1) is 11.5. The number of hydrogen-bond donors (Lipinski definition) is 1. The number of hydrogen-bond acceptors (Lipinski definition) is 4. The van der Waals surface area contributed by atoms with Crippen molar-refractivity contribution in [2.45, 2.75) is 6.54 Å². The number of nitrogens with one attached hydrogen (secondary N) is 1. The molecule has 0 radical (unpaired) electrons. The number of anilines is 1. The van der Waals surface area contributed by atoms with E-state index in [0.29, 0.717) is 5.69 Å². The summed E-state index contributed by atoms with van der Waals surface area (Å²) in [6, 6.07) is 9.45. The molecule has 3 rings (SSSR count). The van der Waals surface area contributed by atoms with Gasteiger partial charge in [-0.2, -0.15) is 10.2 Å². The van der Waals surface area contributed by atoms with E-state index in [0.717, 1.165) is 10.4 Å². The number of carbonyl (C=O) groups is 1. The second kappa shape index (κ2) is 6.86. The Labute approximate surface area is 146 Å². The highest BCUT2D eigenvalue weighted by molar-refractivity contribution is 6.41. The van der Waals surface area contributed by atoms with E-state index in [4.69, 9.17) is 23.2 Å². The fourth-order valence-corrected chi connectivity index (χ4v) is 2.27. The summed E-state index contributed by atoms with van der Waals surface area (Å²) in [5.41, 5.74) is 0.733. The van der Waals surface area contributed by atoms with Crippen LogP contribution in [0.2, 0.25) is 10.0 Å². The second-order valence-corrected chi connectivity index (χ2v) is 5.61. The molecule has 0 bridgehead atoms. The first-order valence-corrected chi connectivity index (χ1v) is 7.61. The standard InChI is InChI=1S/C15H11Cl2N5O2/c16-12-7-19-22(15(24)14(12)17)9-13(23)20-10-6-18-21(8-10)11-4-2-1-3-5-11/h1-8H,9H2,(H,20,23). The molecular weight excluding hydrogens is 353 g/mol. The van der Waals surface area contributed by atoms with Crippen LogP contribution in [0.4, 0.5) is 5.69 Å². The maximum absolute atomic E-state index is 12.1. The van der Waals surface area contributed by atoms with Gasteiger partial charge in [0.05, 0.1) is 35.0 Å². The molecule has 24 heavy (non-hydrogen) atoms. The van der Waals surface area contributed by atoms with Crippen molar-refractivity contribution in [3.05, 3.63) is 69.3 Å². The predicted octanol–water partition coefficient (Wildman–Crippen LogP) is 2.37. The molecule has 7 nitrogen and oxygen atoms in total. The average molecular weight is 364 g/mol. The molecule has 2 heterocycles. The van der Waals surface area contributed by atoms with Crippen LogP contribution < -0.4 is 10.9 Å². The molecule has 2 aromatic heterocycles. The monoisotopic (exact) mass is 363 g/mol. The van der Waals surface area contributed by atoms with Crippen LogP contribution in [0.15, 0.2) is 53.7 Å². The lowest BCUT2D eigenvalue weighted by atomic mass is 10.3. The Hall–Kier alpha value is -2.64. The molecule has 9 heteroatoms. The van der Waals surface area contributed by atoms with Gasteiger partial charge in [-0.1, -0.05) is 41.4 Å². The van der Waals surface area contributed by atoms with Gasteiger partial charge in [0, 0.05) is 0 Å². The lowest BCUT2D eigenvalue weighted by molar-refractivity contribution is -0.117. The molecule has 122 valence electrons. The molecule has 1 aromatic carbocycles. The Kier molecular flexibility index (Phi) is 4.64. The van der Waals surface area contributed by atoms with Crippen LogP contribution in [0.3, 0.4) is 0 Å². The summed E-state index contributed by atoms with van der Waals surface area (Å²) in [5.74, 6) is -0.435. The third-order valence-electron chi connectivity index (χ3n) is 3.12. The van der Waals surface area contributed by atoms with Gasteiger partial charge >= 0.3 is 0 Å². The van der Waals surface area contributed by atoms with Crippen LogP contribution in [-0.2, 0) is 11.3 Å². The van der Waals surface area contributed by atoms with Crippen molar-refractivity contribution in [3.63, 3.8) is 0 Å². The maximum Gasteiger partial charge on any atom is 0.287 e. The van der Waals surface area contributed by atoms with E-state index >= 15 is 0 Å². The molecule has 0 fully saturated rings. The first-order valence-electron chi connectivity index (χ1n) is 6.85. The summed E-state index contributed by atoms with van der Waals surface area (Å²) < 4.78 is 2.56. The van der Waals surface area contributed by atoms with Gasteiger partial charge in [-0.05, 0) is 12.1 Å². The number of halogens is 2. The second-order valence-electron chi connectivity index (χ2n) is 4.83. The van der Waals surface area contributed by atoms with E-state index in [9.17, 15) is 9.59 Å². The summed E-state index contributed by atoms with van der Waals surface area (Å²) in [6.45, 7) is -0.285. The number of rotatable bonds is 4. The molecule has 0 saturated heterocycles. The van der Waals surface area contributed by atoms with Gasteiger partial charge in [-0.15, -0.1) is 0 Å². The Morgan fingerprint density at radius 2 is 1.88 bits per heavy atom. The zero-order chi connectivity index (χ0) is 17.1. The summed E-state index contributed by atoms with van der Waals surface area (Å²) in [5, 5.41) is 10.5. The van der Waals surface area contributed by atoms with Crippen LogP contribution in [-0.4, -0.2) is 25.5 Å². The highest BCUT2D eigenvalue weighted by Gasteiger charge is 2.12. The van der Waals surface area contributed by atoms with Crippen molar-refractivity contribution in [3.8, 4) is 5.69 Å². The minimum atomic E-state index is -0.626. The minimum Gasteiger partial charge on any atom is -0.322 e. The first kappa shape index (κ1) is 16.2. The quantitative estimate of drug-likeness (QED) is 0.771. The molecule has 3 aromatic rings. The summed E-state index contributed by atoms with van der Waals surface area (Å²) in [7, 11) is 0. The normalized spacial score (nSPS) is 10.6. The predicted molar refractivity (Wildman–Crippen MR) is 90.7 cm³/mol. The highest BCUT2D eigenvalue weighted by atomic mass is 35.5. The Morgan fingerprint density at radius 3 is 2.62 bits per heavy atom. The molecule has 0 aliphatic rings. The maximum atomic E-state index is 12.1. The summed E-state index contributed by atoms with van der Waals surface area (Å²) >= 11 is 11.4. The molecule has 0 unspecified atom stereocenters. The van der Waals surface area contributed by atoms with Gasteiger partial charge < -0.3 is 5.32 Å². The number of nitrogens with zero attached hydrogens (tertiary/aromatic N) is 4. The van der Waals surface area contributed by atoms with Crippen molar-refractivity contribution < 1.29 is 4.79 Å². The highest BCUT2D eigenvalue weighted by Crippen LogP contribution is 2.15. The number of benzene rings is 1. The lowest BCUT2D eigenvalue weighted by Gasteiger charge is -2.05. The van der Waals surface area contributed by atoms with Crippen LogP contribution in [0.25, 0.3) is 5.69 Å². The fraction of sp³-hybridized carbons (Fsp3) is 0.0667. The Bertz CT molecular complexity index is 937. The van der Waals surface area contributed by atoms with Crippen molar-refractivity contribution >= 4 is 34.8 Å². The number of carbonyl (C=O) groups excluding carboxylic acids is 1. The van der Waals surface area contributed by atoms with E-state index in [1.807, 2.05) is 30.3 Å². The van der Waals surface area contributed by atoms with Gasteiger partial charge in [0.15, 0.2) is 0 Å². The SMILES string of the molecule is O=C(Cn1ncc(Cl)c(Cl)c1=O)Nc1cnn(-c2ccccc2)c1. The van der Waals surface area contributed by atoms with Gasteiger partial charge in [-0.25, -0.2) is 9.36 Å². The topological polar surface area (TPSA) is 81.8 Å². The van der Waals surface area contributed by atoms with Crippen LogP contribution in [0.5, 0.6) is 0 Å². The van der Waals surface area contributed by atoms with E-state index in [-0.39, 0.29) is 16.6 Å². The molecule has 0 saturated carbocycles. The van der Waals surface area contributed by atoms with E-state index in [2.05, 4.69) is 15.5 Å². The Morgan fingerprint density at radius 1 is 1.12 bits per heavy atom. The van der Waals surface area contributed by atoms with Gasteiger partial charge in [0.2, 0.25) is 5.91 Å². The number of amides is 1.